The lowest BCUT2D eigenvalue weighted by molar-refractivity contribution is -0.137. The summed E-state index contributed by atoms with van der Waals surface area (Å²) in [6.07, 6.45) is -3.47. The number of ketones is 2. The quantitative estimate of drug-likeness (QED) is 0.806. The number of allylic oxidation sites excluding steroid dienone is 1. The van der Waals surface area contributed by atoms with Crippen LogP contribution in [-0.4, -0.2) is 11.6 Å². The van der Waals surface area contributed by atoms with Gasteiger partial charge in [0.05, 0.1) is 22.0 Å². The molecule has 0 saturated heterocycles. The van der Waals surface area contributed by atoms with Gasteiger partial charge in [-0.2, -0.15) is 13.2 Å². The van der Waals surface area contributed by atoms with E-state index in [-0.39, 0.29) is 22.0 Å². The second kappa shape index (κ2) is 5.79. The van der Waals surface area contributed by atoms with Crippen LogP contribution >= 0.6 is 11.6 Å². The molecule has 1 N–H and O–H groups in total. The van der Waals surface area contributed by atoms with E-state index in [9.17, 15) is 22.8 Å². The van der Waals surface area contributed by atoms with Gasteiger partial charge in [-0.05, 0) is 18.2 Å². The van der Waals surface area contributed by atoms with Gasteiger partial charge in [-0.25, -0.2) is 0 Å². The number of fused-ring (bicyclic) bond motifs is 1. The van der Waals surface area contributed by atoms with E-state index in [1.54, 1.807) is 18.2 Å². The topological polar surface area (TPSA) is 46.2 Å². The summed E-state index contributed by atoms with van der Waals surface area (Å²) in [6.45, 7) is 0. The Bertz CT molecular complexity index is 888. The van der Waals surface area contributed by atoms with Crippen molar-refractivity contribution < 1.29 is 22.8 Å². The van der Waals surface area contributed by atoms with Crippen molar-refractivity contribution in [3.05, 3.63) is 70.3 Å². The molecule has 0 saturated carbocycles. The van der Waals surface area contributed by atoms with Crippen LogP contribution in [0.2, 0.25) is 5.02 Å². The fourth-order valence-corrected chi connectivity index (χ4v) is 2.53. The highest BCUT2D eigenvalue weighted by Crippen LogP contribution is 2.35. The van der Waals surface area contributed by atoms with Gasteiger partial charge < -0.3 is 5.32 Å². The molecule has 7 heteroatoms. The minimum absolute atomic E-state index is 0.00491. The summed E-state index contributed by atoms with van der Waals surface area (Å²) in [4.78, 5) is 23.7. The molecule has 0 unspecified atom stereocenters. The predicted molar refractivity (Wildman–Crippen MR) is 83.8 cm³/mol. The Labute approximate surface area is 139 Å². The van der Waals surface area contributed by atoms with Crippen molar-refractivity contribution >= 4 is 34.6 Å². The second-order valence-corrected chi connectivity index (χ2v) is 5.52. The van der Waals surface area contributed by atoms with Crippen molar-refractivity contribution in [3.63, 3.8) is 0 Å². The lowest BCUT2D eigenvalue weighted by Gasteiger charge is -2.19. The van der Waals surface area contributed by atoms with Gasteiger partial charge in [-0.3, -0.25) is 9.59 Å². The third-order valence-corrected chi connectivity index (χ3v) is 3.85. The number of alkyl halides is 3. The van der Waals surface area contributed by atoms with Crippen LogP contribution in [0.15, 0.2) is 48.5 Å². The van der Waals surface area contributed by atoms with Crippen molar-refractivity contribution in [1.29, 1.82) is 0 Å². The Morgan fingerprint density at radius 1 is 0.958 bits per heavy atom. The summed E-state index contributed by atoms with van der Waals surface area (Å²) in [5.41, 5.74) is -0.0428. The minimum atomic E-state index is -4.52. The van der Waals surface area contributed by atoms with Crippen molar-refractivity contribution in [2.75, 3.05) is 5.32 Å². The van der Waals surface area contributed by atoms with Crippen molar-refractivity contribution in [2.45, 2.75) is 6.18 Å². The van der Waals surface area contributed by atoms with Gasteiger partial charge >= 0.3 is 6.18 Å². The lowest BCUT2D eigenvalue weighted by Crippen LogP contribution is -2.21. The number of carbonyl (C=O) groups excluding carboxylic acids is 2. The molecule has 2 aromatic carbocycles. The molecule has 24 heavy (non-hydrogen) atoms. The number of rotatable bonds is 2. The zero-order valence-corrected chi connectivity index (χ0v) is 12.7. The average Bonchev–Trinajstić information content (AvgIpc) is 2.53. The van der Waals surface area contributed by atoms with E-state index in [4.69, 9.17) is 11.6 Å². The van der Waals surface area contributed by atoms with Gasteiger partial charge in [0.1, 0.15) is 0 Å². The zero-order valence-electron chi connectivity index (χ0n) is 11.9. The summed E-state index contributed by atoms with van der Waals surface area (Å²) >= 11 is 5.95. The Kier molecular flexibility index (Phi) is 3.93. The molecule has 0 amide bonds. The smallest absolute Gasteiger partial charge is 0.354 e. The van der Waals surface area contributed by atoms with Crippen LogP contribution in [0, 0.1) is 0 Å². The number of halogens is 4. The Morgan fingerprint density at radius 3 is 2.29 bits per heavy atom. The van der Waals surface area contributed by atoms with E-state index < -0.39 is 23.3 Å². The molecule has 3 rings (SSSR count). The zero-order chi connectivity index (χ0) is 17.5. The molecule has 0 aromatic heterocycles. The molecule has 0 aliphatic heterocycles. The fourth-order valence-electron chi connectivity index (χ4n) is 2.37. The number of Topliss-reactive ketones (excluding diaryl/α,β-unsaturated/α-hetero) is 1. The summed E-state index contributed by atoms with van der Waals surface area (Å²) in [7, 11) is 0. The van der Waals surface area contributed by atoms with Crippen molar-refractivity contribution in [3.8, 4) is 0 Å². The van der Waals surface area contributed by atoms with Gasteiger partial charge in [0, 0.05) is 17.2 Å². The molecule has 2 aromatic rings. The molecule has 0 atom stereocenters. The normalized spacial score (nSPS) is 14.2. The largest absolute Gasteiger partial charge is 0.416 e. The fraction of sp³-hybridized carbons (Fsp3) is 0.0588. The maximum atomic E-state index is 12.8. The monoisotopic (exact) mass is 351 g/mol. The van der Waals surface area contributed by atoms with E-state index >= 15 is 0 Å². The van der Waals surface area contributed by atoms with Crippen molar-refractivity contribution in [2.24, 2.45) is 0 Å². The molecule has 0 heterocycles. The highest BCUT2D eigenvalue weighted by atomic mass is 35.5. The summed E-state index contributed by atoms with van der Waals surface area (Å²) in [5.74, 6) is -1.41. The molecule has 0 radical (unpaired) electrons. The van der Waals surface area contributed by atoms with Gasteiger partial charge in [-0.1, -0.05) is 35.9 Å². The summed E-state index contributed by atoms with van der Waals surface area (Å²) in [5, 5.41) is 2.79. The number of nitrogens with one attached hydrogen (secondary N) is 1. The first-order chi connectivity index (χ1) is 11.3. The van der Waals surface area contributed by atoms with Gasteiger partial charge in [-0.15, -0.1) is 0 Å². The summed E-state index contributed by atoms with van der Waals surface area (Å²) in [6, 6.07) is 9.18. The van der Waals surface area contributed by atoms with Crippen LogP contribution in [0.1, 0.15) is 21.5 Å². The molecular formula is C17H9ClF3NO2. The number of benzene rings is 2. The van der Waals surface area contributed by atoms with Crippen LogP contribution < -0.4 is 5.32 Å². The molecule has 1 aliphatic carbocycles. The first-order valence-electron chi connectivity index (χ1n) is 6.81. The number of carbonyl (C=O) groups is 2. The van der Waals surface area contributed by atoms with Crippen LogP contribution in [0.3, 0.4) is 0 Å². The van der Waals surface area contributed by atoms with Gasteiger partial charge in [0.25, 0.3) is 0 Å². The molecule has 0 spiro atoms. The molecule has 3 nitrogen and oxygen atoms in total. The van der Waals surface area contributed by atoms with E-state index in [0.717, 1.165) is 24.3 Å². The Morgan fingerprint density at radius 2 is 1.62 bits per heavy atom. The SMILES string of the molecule is O=C1C=C(Nc2cc(C(F)(F)F)ccc2Cl)c2ccccc2C1=O. The van der Waals surface area contributed by atoms with Crippen LogP contribution in [0.5, 0.6) is 0 Å². The van der Waals surface area contributed by atoms with Gasteiger partial charge in [0.15, 0.2) is 0 Å². The Hall–Kier alpha value is -2.60. The minimum Gasteiger partial charge on any atom is -0.354 e. The highest BCUT2D eigenvalue weighted by Gasteiger charge is 2.31. The summed E-state index contributed by atoms with van der Waals surface area (Å²) < 4.78 is 38.5. The molecule has 0 fully saturated rings. The maximum absolute atomic E-state index is 12.8. The molecule has 1 aliphatic rings. The second-order valence-electron chi connectivity index (χ2n) is 5.11. The number of hydrogen-bond acceptors (Lipinski definition) is 3. The first kappa shape index (κ1) is 16.3. The highest BCUT2D eigenvalue weighted by molar-refractivity contribution is 6.50. The van der Waals surface area contributed by atoms with Gasteiger partial charge in [0.2, 0.25) is 11.6 Å². The standard InChI is InChI=1S/C17H9ClF3NO2/c18-12-6-5-9(17(19,20)21)7-14(12)22-13-8-15(23)16(24)11-4-2-1-3-10(11)13/h1-8,22H. The number of hydrogen-bond donors (Lipinski definition) is 1. The number of anilines is 1. The average molecular weight is 352 g/mol. The van der Waals surface area contributed by atoms with E-state index in [0.29, 0.717) is 5.56 Å². The third kappa shape index (κ3) is 2.92. The third-order valence-electron chi connectivity index (χ3n) is 3.52. The first-order valence-corrected chi connectivity index (χ1v) is 7.18. The van der Waals surface area contributed by atoms with Crippen LogP contribution in [-0.2, 0) is 11.0 Å². The van der Waals surface area contributed by atoms with Crippen LogP contribution in [0.25, 0.3) is 5.70 Å². The molecule has 0 bridgehead atoms. The van der Waals surface area contributed by atoms with E-state index in [1.807, 2.05) is 0 Å². The van der Waals surface area contributed by atoms with Crippen molar-refractivity contribution in [1.82, 2.24) is 0 Å². The maximum Gasteiger partial charge on any atom is 0.416 e. The Balaban J connectivity index is 2.04. The molecule has 122 valence electrons. The lowest BCUT2D eigenvalue weighted by atomic mass is 9.92. The van der Waals surface area contributed by atoms with E-state index in [2.05, 4.69) is 5.32 Å². The predicted octanol–water partition coefficient (Wildman–Crippen LogP) is 4.58. The molecular weight excluding hydrogens is 343 g/mol. The van der Waals surface area contributed by atoms with E-state index in [1.165, 1.54) is 6.07 Å². The van der Waals surface area contributed by atoms with Crippen LogP contribution in [0.4, 0.5) is 18.9 Å².